The minimum atomic E-state index is -3.29. The zero-order valence-corrected chi connectivity index (χ0v) is 18.8. The maximum absolute atomic E-state index is 14.7. The Morgan fingerprint density at radius 3 is 2.50 bits per heavy atom. The highest BCUT2D eigenvalue weighted by Gasteiger charge is 2.30. The third kappa shape index (κ3) is 4.82. The number of ether oxygens (including phenoxy) is 1. The number of aromatic nitrogens is 3. The molecule has 1 aliphatic heterocycles. The highest BCUT2D eigenvalue weighted by molar-refractivity contribution is 7.53. The molecule has 0 fully saturated rings. The number of anilines is 1. The summed E-state index contributed by atoms with van der Waals surface area (Å²) >= 11 is 0. The quantitative estimate of drug-likeness (QED) is 0.505. The number of carbonyl (C=O) groups excluding carboxylic acids is 1. The first-order chi connectivity index (χ1) is 15.2. The summed E-state index contributed by atoms with van der Waals surface area (Å²) in [5.41, 5.74) is -1.51. The molecule has 174 valence electrons. The van der Waals surface area contributed by atoms with Crippen molar-refractivity contribution in [2.75, 3.05) is 37.4 Å². The van der Waals surface area contributed by atoms with Crippen LogP contribution in [0.25, 0.3) is 5.69 Å². The lowest BCUT2D eigenvalue weighted by atomic mass is 10.2. The molecule has 2 heterocycles. The van der Waals surface area contributed by atoms with Crippen molar-refractivity contribution in [3.05, 3.63) is 45.0 Å². The molecule has 0 aliphatic carbocycles. The minimum Gasteiger partial charge on any atom is -0.481 e. The van der Waals surface area contributed by atoms with Crippen LogP contribution >= 0.6 is 7.60 Å². The molecule has 0 saturated heterocycles. The van der Waals surface area contributed by atoms with Gasteiger partial charge < -0.3 is 18.7 Å². The summed E-state index contributed by atoms with van der Waals surface area (Å²) in [6.45, 7) is 3.71. The van der Waals surface area contributed by atoms with Crippen LogP contribution in [-0.4, -0.2) is 52.8 Å². The van der Waals surface area contributed by atoms with Gasteiger partial charge >= 0.3 is 13.3 Å². The summed E-state index contributed by atoms with van der Waals surface area (Å²) < 4.78 is 44.8. The van der Waals surface area contributed by atoms with E-state index < -0.39 is 30.6 Å². The molecule has 0 radical (unpaired) electrons. The topological polar surface area (TPSA) is 122 Å². The third-order valence-corrected chi connectivity index (χ3v) is 6.91. The molecule has 1 aromatic heterocycles. The number of benzene rings is 1. The number of fused-ring (bicyclic) bond motifs is 1. The second-order valence-corrected chi connectivity index (χ2v) is 9.05. The van der Waals surface area contributed by atoms with Crippen LogP contribution in [-0.2, 0) is 25.5 Å². The highest BCUT2D eigenvalue weighted by atomic mass is 31.2. The average molecular weight is 470 g/mol. The second-order valence-electron chi connectivity index (χ2n) is 6.87. The molecule has 0 atom stereocenters. The van der Waals surface area contributed by atoms with E-state index in [9.17, 15) is 23.3 Å². The number of halogens is 1. The van der Waals surface area contributed by atoms with E-state index in [0.717, 1.165) is 21.5 Å². The first kappa shape index (κ1) is 23.8. The van der Waals surface area contributed by atoms with Crippen LogP contribution in [0.15, 0.2) is 27.9 Å². The minimum absolute atomic E-state index is 0.0878. The van der Waals surface area contributed by atoms with Gasteiger partial charge in [0.05, 0.1) is 25.1 Å². The second kappa shape index (κ2) is 9.76. The maximum atomic E-state index is 14.7. The van der Waals surface area contributed by atoms with Crippen LogP contribution in [0.5, 0.6) is 5.75 Å². The average Bonchev–Trinajstić information content (AvgIpc) is 2.74. The van der Waals surface area contributed by atoms with E-state index in [0.29, 0.717) is 0 Å². The Morgan fingerprint density at radius 2 is 1.84 bits per heavy atom. The zero-order valence-electron chi connectivity index (χ0n) is 17.9. The van der Waals surface area contributed by atoms with Gasteiger partial charge in [0.2, 0.25) is 0 Å². The fraction of sp³-hybridized carbons (Fsp3) is 0.474. The Kier molecular flexibility index (Phi) is 7.27. The van der Waals surface area contributed by atoms with Crippen LogP contribution in [0.3, 0.4) is 0 Å². The van der Waals surface area contributed by atoms with E-state index in [1.165, 1.54) is 18.0 Å². The molecule has 32 heavy (non-hydrogen) atoms. The van der Waals surface area contributed by atoms with Crippen LogP contribution in [0.2, 0.25) is 0 Å². The van der Waals surface area contributed by atoms with Gasteiger partial charge in [-0.2, -0.15) is 9.78 Å². The number of rotatable bonds is 9. The van der Waals surface area contributed by atoms with Gasteiger partial charge in [-0.15, -0.1) is 0 Å². The van der Waals surface area contributed by atoms with Crippen LogP contribution in [0.1, 0.15) is 20.3 Å². The van der Waals surface area contributed by atoms with Gasteiger partial charge in [-0.1, -0.05) is 0 Å². The molecule has 0 saturated carbocycles. The summed E-state index contributed by atoms with van der Waals surface area (Å²) in [5, 5.41) is 3.71. The van der Waals surface area contributed by atoms with Crippen molar-refractivity contribution in [1.82, 2.24) is 14.3 Å². The van der Waals surface area contributed by atoms with Crippen molar-refractivity contribution in [1.29, 1.82) is 0 Å². The maximum Gasteiger partial charge on any atom is 0.352 e. The van der Waals surface area contributed by atoms with Crippen LogP contribution in [0.4, 0.5) is 10.1 Å². The summed E-state index contributed by atoms with van der Waals surface area (Å²) in [5.74, 6) is -1.09. The molecule has 3 rings (SSSR count). The molecule has 1 aliphatic rings. The van der Waals surface area contributed by atoms with Crippen molar-refractivity contribution in [2.45, 2.75) is 20.3 Å². The standard InChI is InChI=1S/C19H24FN4O7P/c1-4-30-32(28,31-5-2)8-6-7-23-15-10-14(13(20)9-16(15)29-12-18(23)26)24-19(27)22(3)17(25)11-21-24/h9-11H,4-8,12H2,1-3H3. The van der Waals surface area contributed by atoms with Gasteiger partial charge in [0.15, 0.2) is 12.4 Å². The molecule has 0 N–H and O–H groups in total. The first-order valence-electron chi connectivity index (χ1n) is 10.0. The highest BCUT2D eigenvalue weighted by Crippen LogP contribution is 2.48. The summed E-state index contributed by atoms with van der Waals surface area (Å²) in [6, 6.07) is 2.31. The van der Waals surface area contributed by atoms with E-state index in [2.05, 4.69) is 5.10 Å². The molecule has 0 unspecified atom stereocenters. The Morgan fingerprint density at radius 1 is 1.16 bits per heavy atom. The molecule has 0 bridgehead atoms. The van der Waals surface area contributed by atoms with Gasteiger partial charge in [-0.25, -0.2) is 9.18 Å². The molecule has 11 nitrogen and oxygen atoms in total. The van der Waals surface area contributed by atoms with Gasteiger partial charge in [-0.05, 0) is 26.3 Å². The van der Waals surface area contributed by atoms with E-state index in [1.807, 2.05) is 0 Å². The fourth-order valence-electron chi connectivity index (χ4n) is 3.25. The van der Waals surface area contributed by atoms with Gasteiger partial charge in [0, 0.05) is 19.7 Å². The van der Waals surface area contributed by atoms with Crippen molar-refractivity contribution >= 4 is 19.2 Å². The van der Waals surface area contributed by atoms with E-state index in [-0.39, 0.29) is 56.1 Å². The van der Waals surface area contributed by atoms with Crippen LogP contribution < -0.4 is 20.9 Å². The number of carbonyl (C=O) groups is 1. The van der Waals surface area contributed by atoms with Gasteiger partial charge in [0.1, 0.15) is 17.6 Å². The van der Waals surface area contributed by atoms with Crippen LogP contribution in [0, 0.1) is 5.82 Å². The van der Waals surface area contributed by atoms with Crippen molar-refractivity contribution in [2.24, 2.45) is 7.05 Å². The molecule has 1 aromatic carbocycles. The third-order valence-electron chi connectivity index (χ3n) is 4.75. The number of amides is 1. The smallest absolute Gasteiger partial charge is 0.352 e. The van der Waals surface area contributed by atoms with Gasteiger partial charge in [-0.3, -0.25) is 18.7 Å². The largest absolute Gasteiger partial charge is 0.481 e. The zero-order chi connectivity index (χ0) is 23.5. The van der Waals surface area contributed by atoms with Gasteiger partial charge in [0.25, 0.3) is 11.5 Å². The number of hydrogen-bond donors (Lipinski definition) is 0. The molecular formula is C19H24FN4O7P. The van der Waals surface area contributed by atoms with E-state index >= 15 is 0 Å². The van der Waals surface area contributed by atoms with Crippen molar-refractivity contribution < 1.29 is 27.5 Å². The monoisotopic (exact) mass is 470 g/mol. The fourth-order valence-corrected chi connectivity index (χ4v) is 4.89. The number of hydrogen-bond acceptors (Lipinski definition) is 8. The van der Waals surface area contributed by atoms with E-state index in [1.54, 1.807) is 13.8 Å². The lowest BCUT2D eigenvalue weighted by Crippen LogP contribution is -2.41. The predicted molar refractivity (Wildman–Crippen MR) is 113 cm³/mol. The van der Waals surface area contributed by atoms with Crippen molar-refractivity contribution in [3.63, 3.8) is 0 Å². The first-order valence-corrected chi connectivity index (χ1v) is 11.7. The molecule has 2 aromatic rings. The summed E-state index contributed by atoms with van der Waals surface area (Å²) in [6.07, 6.45) is 1.26. The molecular weight excluding hydrogens is 446 g/mol. The lowest BCUT2D eigenvalue weighted by molar-refractivity contribution is -0.121. The lowest BCUT2D eigenvalue weighted by Gasteiger charge is -2.30. The number of nitrogens with zero attached hydrogens (tertiary/aromatic N) is 4. The summed E-state index contributed by atoms with van der Waals surface area (Å²) in [7, 11) is -2.05. The summed E-state index contributed by atoms with van der Waals surface area (Å²) in [4.78, 5) is 37.9. The molecule has 1 amide bonds. The normalized spacial score (nSPS) is 13.8. The Hall–Kier alpha value is -2.82. The Bertz CT molecular complexity index is 1170. The Labute approximate surface area is 182 Å². The SMILES string of the molecule is CCOP(=O)(CCCN1C(=O)COc2cc(F)c(-n3ncc(=O)n(C)c3=O)cc21)OCC. The Balaban J connectivity index is 1.93. The predicted octanol–water partition coefficient (Wildman–Crippen LogP) is 1.45. The van der Waals surface area contributed by atoms with Crippen molar-refractivity contribution in [3.8, 4) is 11.4 Å². The molecule has 0 spiro atoms. The molecule has 13 heteroatoms. The van der Waals surface area contributed by atoms with E-state index in [4.69, 9.17) is 13.8 Å².